The molecular weight excluding hydrogens is 456 g/mol. The van der Waals surface area contributed by atoms with Crippen LogP contribution in [0.25, 0.3) is 10.9 Å². The molecule has 2 amide bonds. The van der Waals surface area contributed by atoms with E-state index in [0.29, 0.717) is 29.4 Å². The molecule has 1 aromatic carbocycles. The highest BCUT2D eigenvalue weighted by Gasteiger charge is 2.27. The zero-order valence-corrected chi connectivity index (χ0v) is 20.1. The summed E-state index contributed by atoms with van der Waals surface area (Å²) in [4.78, 5) is 55.4. The van der Waals surface area contributed by atoms with Crippen LogP contribution in [0, 0.1) is 6.92 Å². The van der Waals surface area contributed by atoms with Gasteiger partial charge in [0.15, 0.2) is 0 Å². The number of esters is 1. The van der Waals surface area contributed by atoms with Crippen LogP contribution >= 0.6 is 11.3 Å². The van der Waals surface area contributed by atoms with Gasteiger partial charge in [0.25, 0.3) is 17.4 Å². The van der Waals surface area contributed by atoms with Crippen LogP contribution in [0.1, 0.15) is 74.9 Å². The van der Waals surface area contributed by atoms with Crippen LogP contribution in [-0.4, -0.2) is 33.4 Å². The molecule has 3 aromatic rings. The van der Waals surface area contributed by atoms with Crippen molar-refractivity contribution in [1.82, 2.24) is 9.55 Å². The van der Waals surface area contributed by atoms with Crippen LogP contribution in [0.4, 0.5) is 5.00 Å². The van der Waals surface area contributed by atoms with Gasteiger partial charge < -0.3 is 15.8 Å². The molecule has 1 aliphatic heterocycles. The Hall–Kier alpha value is -3.53. The summed E-state index contributed by atoms with van der Waals surface area (Å²) < 4.78 is 7.01. The number of thiophene rings is 1. The molecule has 0 saturated heterocycles. The third-order valence-corrected chi connectivity index (χ3v) is 6.94. The minimum Gasteiger partial charge on any atom is -0.459 e. The van der Waals surface area contributed by atoms with Crippen molar-refractivity contribution in [2.24, 2.45) is 5.73 Å². The predicted octanol–water partition coefficient (Wildman–Crippen LogP) is 3.41. The Morgan fingerprint density at radius 3 is 2.68 bits per heavy atom. The highest BCUT2D eigenvalue weighted by molar-refractivity contribution is 7.18. The molecule has 4 rings (SSSR count). The van der Waals surface area contributed by atoms with E-state index in [1.807, 2.05) is 0 Å². The van der Waals surface area contributed by atoms with Crippen molar-refractivity contribution in [2.75, 3.05) is 5.32 Å². The molecule has 1 aliphatic rings. The molecule has 3 heterocycles. The van der Waals surface area contributed by atoms with Crippen molar-refractivity contribution < 1.29 is 19.1 Å². The molecular formula is C24H26N4O5S. The number of nitrogens with two attached hydrogens (primary N) is 1. The van der Waals surface area contributed by atoms with Crippen LogP contribution in [0.2, 0.25) is 0 Å². The van der Waals surface area contributed by atoms with Crippen LogP contribution in [0.15, 0.2) is 23.0 Å². The van der Waals surface area contributed by atoms with E-state index in [1.165, 1.54) is 0 Å². The lowest BCUT2D eigenvalue weighted by Gasteiger charge is -2.12. The van der Waals surface area contributed by atoms with Crippen LogP contribution in [0.3, 0.4) is 0 Å². The summed E-state index contributed by atoms with van der Waals surface area (Å²) >= 11 is 0.923. The zero-order chi connectivity index (χ0) is 24.6. The van der Waals surface area contributed by atoms with Gasteiger partial charge in [-0.05, 0) is 57.4 Å². The topological polar surface area (TPSA) is 133 Å². The van der Waals surface area contributed by atoms with E-state index in [9.17, 15) is 19.2 Å². The Kier molecular flexibility index (Phi) is 6.52. The number of nitrogens with zero attached hydrogens (tertiary/aromatic N) is 2. The quantitative estimate of drug-likeness (QED) is 0.536. The van der Waals surface area contributed by atoms with Gasteiger partial charge in [-0.2, -0.15) is 0 Å². The predicted molar refractivity (Wildman–Crippen MR) is 130 cm³/mol. The highest BCUT2D eigenvalue weighted by atomic mass is 32.1. The summed E-state index contributed by atoms with van der Waals surface area (Å²) in [6, 6.07) is 4.71. The molecule has 0 atom stereocenters. The molecule has 9 nitrogen and oxygen atoms in total. The number of amides is 2. The number of benzene rings is 1. The van der Waals surface area contributed by atoms with E-state index in [4.69, 9.17) is 10.5 Å². The second-order valence-electron chi connectivity index (χ2n) is 8.56. The second kappa shape index (κ2) is 9.38. The average molecular weight is 483 g/mol. The van der Waals surface area contributed by atoms with E-state index in [0.717, 1.165) is 36.4 Å². The first-order valence-corrected chi connectivity index (χ1v) is 12.0. The first kappa shape index (κ1) is 23.6. The monoisotopic (exact) mass is 482 g/mol. The minimum atomic E-state index is -0.697. The largest absolute Gasteiger partial charge is 0.459 e. The van der Waals surface area contributed by atoms with Crippen molar-refractivity contribution in [2.45, 2.75) is 59.1 Å². The van der Waals surface area contributed by atoms with Gasteiger partial charge in [-0.1, -0.05) is 6.42 Å². The van der Waals surface area contributed by atoms with Crippen molar-refractivity contribution in [3.8, 4) is 0 Å². The molecule has 0 aliphatic carbocycles. The summed E-state index contributed by atoms with van der Waals surface area (Å²) in [5, 5.41) is 3.34. The summed E-state index contributed by atoms with van der Waals surface area (Å²) in [5.74, 6) is -1.12. The molecule has 3 N–H and O–H groups in total. The first-order chi connectivity index (χ1) is 16.2. The van der Waals surface area contributed by atoms with Gasteiger partial charge in [0, 0.05) is 18.5 Å². The molecule has 178 valence electrons. The maximum Gasteiger partial charge on any atom is 0.341 e. The maximum atomic E-state index is 13.1. The fourth-order valence-electron chi connectivity index (χ4n) is 4.09. The number of hydrogen-bond acceptors (Lipinski definition) is 7. The van der Waals surface area contributed by atoms with Crippen LogP contribution < -0.4 is 16.6 Å². The lowest BCUT2D eigenvalue weighted by molar-refractivity contribution is 0.0379. The highest BCUT2D eigenvalue weighted by Crippen LogP contribution is 2.34. The summed E-state index contributed by atoms with van der Waals surface area (Å²) in [6.07, 6.45) is 3.28. The Balaban J connectivity index is 1.71. The number of rotatable bonds is 5. The third-order valence-electron chi connectivity index (χ3n) is 5.72. The van der Waals surface area contributed by atoms with Crippen molar-refractivity contribution in [1.29, 1.82) is 0 Å². The Morgan fingerprint density at radius 1 is 1.21 bits per heavy atom. The smallest absolute Gasteiger partial charge is 0.341 e. The molecule has 10 heteroatoms. The fraction of sp³-hybridized carbons (Fsp3) is 0.375. The number of carbonyl (C=O) groups excluding carboxylic acids is 3. The van der Waals surface area contributed by atoms with Gasteiger partial charge in [0.2, 0.25) is 0 Å². The molecule has 0 fully saturated rings. The first-order valence-electron chi connectivity index (χ1n) is 11.2. The van der Waals surface area contributed by atoms with Gasteiger partial charge in [-0.15, -0.1) is 11.3 Å². The second-order valence-corrected chi connectivity index (χ2v) is 9.58. The number of ether oxygens (including phenoxy) is 1. The molecule has 0 bridgehead atoms. The number of aryl methyl sites for hydroxylation is 1. The van der Waals surface area contributed by atoms with Gasteiger partial charge >= 0.3 is 5.97 Å². The normalized spacial score (nSPS) is 13.4. The molecule has 0 spiro atoms. The van der Waals surface area contributed by atoms with E-state index < -0.39 is 17.8 Å². The summed E-state index contributed by atoms with van der Waals surface area (Å²) in [7, 11) is 0. The zero-order valence-electron chi connectivity index (χ0n) is 19.3. The number of fused-ring (bicyclic) bond motifs is 2. The molecule has 2 aromatic heterocycles. The van der Waals surface area contributed by atoms with Crippen molar-refractivity contribution >= 4 is 45.0 Å². The maximum absolute atomic E-state index is 13.1. The SMILES string of the molecule is Cc1c(C(N)=O)sc(NC(=O)c2ccc3c(=O)n4c(nc3c2)CCCCC4)c1C(=O)OC(C)C. The number of nitrogens with one attached hydrogen (secondary N) is 1. The molecule has 0 radical (unpaired) electrons. The number of hydrogen-bond donors (Lipinski definition) is 2. The lowest BCUT2D eigenvalue weighted by atomic mass is 10.1. The summed E-state index contributed by atoms with van der Waals surface area (Å²) in [5.41, 5.74) is 6.52. The standard InChI is InChI=1S/C24H26N4O5S/c1-12(2)33-24(32)18-13(3)19(20(25)29)34-22(18)27-21(30)14-8-9-15-16(11-14)26-17-7-5-4-6-10-28(17)23(15)31/h8-9,11-12H,4-7,10H2,1-3H3,(H2,25,29)(H,27,30). The molecule has 0 saturated carbocycles. The number of primary amides is 1. The Bertz CT molecular complexity index is 1370. The van der Waals surface area contributed by atoms with Gasteiger partial charge in [-0.25, -0.2) is 9.78 Å². The Labute approximate surface area is 199 Å². The number of anilines is 1. The third kappa shape index (κ3) is 4.45. The van der Waals surface area contributed by atoms with Crippen molar-refractivity contribution in [3.05, 3.63) is 55.9 Å². The molecule has 34 heavy (non-hydrogen) atoms. The number of aromatic nitrogens is 2. The van der Waals surface area contributed by atoms with Gasteiger partial charge in [-0.3, -0.25) is 19.0 Å². The van der Waals surface area contributed by atoms with Gasteiger partial charge in [0.05, 0.1) is 27.4 Å². The van der Waals surface area contributed by atoms with Gasteiger partial charge in [0.1, 0.15) is 10.8 Å². The van der Waals surface area contributed by atoms with E-state index in [1.54, 1.807) is 43.5 Å². The van der Waals surface area contributed by atoms with Crippen LogP contribution in [0.5, 0.6) is 0 Å². The lowest BCUT2D eigenvalue weighted by Crippen LogP contribution is -2.24. The average Bonchev–Trinajstić information content (AvgIpc) is 2.93. The van der Waals surface area contributed by atoms with E-state index in [2.05, 4.69) is 10.3 Å². The minimum absolute atomic E-state index is 0.100. The fourth-order valence-corrected chi connectivity index (χ4v) is 5.13. The van der Waals surface area contributed by atoms with Crippen LogP contribution in [-0.2, 0) is 17.7 Å². The number of carbonyl (C=O) groups is 3. The van der Waals surface area contributed by atoms with E-state index >= 15 is 0 Å². The molecule has 0 unspecified atom stereocenters. The van der Waals surface area contributed by atoms with E-state index in [-0.39, 0.29) is 32.7 Å². The van der Waals surface area contributed by atoms with Crippen molar-refractivity contribution in [3.63, 3.8) is 0 Å². The Morgan fingerprint density at radius 2 is 1.97 bits per heavy atom. The summed E-state index contributed by atoms with van der Waals surface area (Å²) in [6.45, 7) is 5.65.